The molecular weight excluding hydrogens is 194 g/mol. The predicted octanol–water partition coefficient (Wildman–Crippen LogP) is 0.257. The van der Waals surface area contributed by atoms with E-state index in [1.54, 1.807) is 6.21 Å². The van der Waals surface area contributed by atoms with Crippen molar-refractivity contribution >= 4 is 44.4 Å². The van der Waals surface area contributed by atoms with Gasteiger partial charge in [-0.05, 0) is 12.2 Å². The van der Waals surface area contributed by atoms with Crippen LogP contribution in [0, 0.1) is 0 Å². The molecule has 0 bridgehead atoms. The highest BCUT2D eigenvalue weighted by Gasteiger charge is 1.95. The first-order valence-corrected chi connectivity index (χ1v) is 4.54. The van der Waals surface area contributed by atoms with Gasteiger partial charge in [0.25, 0.3) is 5.17 Å². The Hall–Kier alpha value is -0.110. The van der Waals surface area contributed by atoms with Crippen LogP contribution in [0.25, 0.3) is 0 Å². The van der Waals surface area contributed by atoms with Crippen LogP contribution in [0.2, 0.25) is 0 Å². The van der Waals surface area contributed by atoms with Gasteiger partial charge in [0.1, 0.15) is 6.61 Å². The summed E-state index contributed by atoms with van der Waals surface area (Å²) in [7, 11) is -2.03. The van der Waals surface area contributed by atoms with Crippen LogP contribution in [-0.4, -0.2) is 22.5 Å². The van der Waals surface area contributed by atoms with Gasteiger partial charge in [-0.3, -0.25) is 0 Å². The van der Waals surface area contributed by atoms with Crippen molar-refractivity contribution < 1.29 is 13.5 Å². The van der Waals surface area contributed by atoms with Crippen molar-refractivity contribution in [1.82, 2.24) is 0 Å². The highest BCUT2D eigenvalue weighted by molar-refractivity contribution is 8.18. The number of ether oxygens (including phenoxy) is 1. The molecule has 7 heteroatoms. The van der Waals surface area contributed by atoms with E-state index < -0.39 is 9.64 Å². The lowest BCUT2D eigenvalue weighted by molar-refractivity contribution is 0.387. The fourth-order valence-electron chi connectivity index (χ4n) is 0.258. The standard InChI is InChI=1S/C3H3NOS.HO2S2/c6-3-4-1-2-5-3;1-4(2)3/h1H,2H2;(H,1,2,3)/q;-1. The monoisotopic (exact) mass is 198 g/mol. The molecule has 1 heterocycles. The molecule has 0 aromatic carbocycles. The average molecular weight is 198 g/mol. The summed E-state index contributed by atoms with van der Waals surface area (Å²) in [6, 6.07) is 0. The van der Waals surface area contributed by atoms with Gasteiger partial charge in [-0.2, -0.15) is 0 Å². The van der Waals surface area contributed by atoms with E-state index in [-0.39, 0.29) is 0 Å². The molecule has 0 aromatic rings. The van der Waals surface area contributed by atoms with Gasteiger partial charge in [-0.15, -0.1) is 0 Å². The fourth-order valence-corrected chi connectivity index (χ4v) is 0.400. The van der Waals surface area contributed by atoms with E-state index in [0.717, 1.165) is 0 Å². The molecule has 0 atom stereocenters. The maximum Gasteiger partial charge on any atom is 0.283 e. The topological polar surface area (TPSA) is 58.9 Å². The number of rotatable bonds is 0. The van der Waals surface area contributed by atoms with Gasteiger partial charge in [0, 0.05) is 6.21 Å². The molecular formula is C3H4NO3S3-. The number of nitrogens with zero attached hydrogens (tertiary/aromatic N) is 1. The minimum absolute atomic E-state index is 0.356. The Labute approximate surface area is 69.8 Å². The smallest absolute Gasteiger partial charge is 0.283 e. The minimum Gasteiger partial charge on any atom is -0.464 e. The molecule has 0 saturated heterocycles. The molecule has 1 aliphatic rings. The number of hydrogen-bond acceptors (Lipinski definition) is 5. The maximum absolute atomic E-state index is 8.93. The molecule has 0 aliphatic carbocycles. The fraction of sp³-hybridized carbons (Fsp3) is 0.333. The quantitative estimate of drug-likeness (QED) is 0.344. The summed E-state index contributed by atoms with van der Waals surface area (Å²) in [4.78, 5) is 3.62. The third-order valence-electron chi connectivity index (χ3n) is 0.478. The van der Waals surface area contributed by atoms with Crippen LogP contribution >= 0.6 is 12.2 Å². The number of aliphatic imine (C=N–C) groups is 1. The Balaban J connectivity index is 0.000000180. The lowest BCUT2D eigenvalue weighted by atomic mass is 10.8. The van der Waals surface area contributed by atoms with E-state index >= 15 is 0 Å². The van der Waals surface area contributed by atoms with Crippen molar-refractivity contribution in [3.8, 4) is 0 Å². The SMILES string of the molecule is O=[S-](O)=S.S=C1N=CCO1. The van der Waals surface area contributed by atoms with E-state index in [1.165, 1.54) is 0 Å². The lowest BCUT2D eigenvalue weighted by Crippen LogP contribution is -1.86. The molecule has 4 nitrogen and oxygen atoms in total. The van der Waals surface area contributed by atoms with Crippen LogP contribution < -0.4 is 0 Å². The molecule has 0 saturated carbocycles. The summed E-state index contributed by atoms with van der Waals surface area (Å²) in [5, 5.41) is 0.356. The largest absolute Gasteiger partial charge is 0.464 e. The van der Waals surface area contributed by atoms with Crippen LogP contribution in [-0.2, 0) is 29.8 Å². The Bertz CT molecular complexity index is 201. The number of hydrogen-bond donors (Lipinski definition) is 1. The molecule has 1 rings (SSSR count). The van der Waals surface area contributed by atoms with Crippen molar-refractivity contribution in [2.24, 2.45) is 4.99 Å². The zero-order chi connectivity index (χ0) is 7.98. The van der Waals surface area contributed by atoms with Crippen LogP contribution in [0.15, 0.2) is 4.99 Å². The van der Waals surface area contributed by atoms with Gasteiger partial charge in [-0.1, -0.05) is 9.64 Å². The van der Waals surface area contributed by atoms with E-state index in [2.05, 4.69) is 33.1 Å². The summed E-state index contributed by atoms with van der Waals surface area (Å²) in [6.07, 6.45) is 1.64. The zero-order valence-corrected chi connectivity index (χ0v) is 7.17. The van der Waals surface area contributed by atoms with Crippen molar-refractivity contribution in [2.45, 2.75) is 0 Å². The first-order chi connectivity index (χ1) is 4.63. The van der Waals surface area contributed by atoms with Gasteiger partial charge >= 0.3 is 0 Å². The maximum atomic E-state index is 8.93. The van der Waals surface area contributed by atoms with Gasteiger partial charge in [0.2, 0.25) is 0 Å². The third kappa shape index (κ3) is 7.89. The third-order valence-corrected chi connectivity index (χ3v) is 0.701. The van der Waals surface area contributed by atoms with E-state index in [9.17, 15) is 0 Å². The Kier molecular flexibility index (Phi) is 5.60. The number of thiocarbonyl (C=S) groups is 1. The second-order valence-corrected chi connectivity index (χ2v) is 2.74. The van der Waals surface area contributed by atoms with Crippen molar-refractivity contribution in [2.75, 3.05) is 6.61 Å². The summed E-state index contributed by atoms with van der Waals surface area (Å²) < 4.78 is 20.9. The molecule has 0 aromatic heterocycles. The van der Waals surface area contributed by atoms with Crippen molar-refractivity contribution in [3.05, 3.63) is 0 Å². The van der Waals surface area contributed by atoms with Crippen LogP contribution in [0.4, 0.5) is 0 Å². The lowest BCUT2D eigenvalue weighted by Gasteiger charge is -1.83. The summed E-state index contributed by atoms with van der Waals surface area (Å²) in [6.45, 7) is 0.554. The molecule has 0 fully saturated rings. The predicted molar refractivity (Wildman–Crippen MR) is 45.1 cm³/mol. The Morgan fingerprint density at radius 2 is 2.40 bits per heavy atom. The first-order valence-electron chi connectivity index (χ1n) is 2.10. The van der Waals surface area contributed by atoms with Gasteiger partial charge in [-0.25, -0.2) is 16.2 Å². The second kappa shape index (κ2) is 5.66. The Morgan fingerprint density at radius 3 is 2.50 bits per heavy atom. The Morgan fingerprint density at radius 1 is 1.90 bits per heavy atom. The van der Waals surface area contributed by atoms with Crippen LogP contribution in [0.1, 0.15) is 0 Å². The van der Waals surface area contributed by atoms with Crippen LogP contribution in [0.3, 0.4) is 0 Å². The van der Waals surface area contributed by atoms with E-state index in [4.69, 9.17) is 8.76 Å². The zero-order valence-electron chi connectivity index (χ0n) is 4.72. The highest BCUT2D eigenvalue weighted by Crippen LogP contribution is 1.87. The van der Waals surface area contributed by atoms with Gasteiger partial charge in [0.15, 0.2) is 0 Å². The molecule has 0 spiro atoms. The van der Waals surface area contributed by atoms with Crippen LogP contribution in [0.5, 0.6) is 0 Å². The highest BCUT2D eigenvalue weighted by atomic mass is 32.8. The summed E-state index contributed by atoms with van der Waals surface area (Å²) in [5.41, 5.74) is 0. The second-order valence-electron chi connectivity index (χ2n) is 1.11. The summed E-state index contributed by atoms with van der Waals surface area (Å²) in [5.74, 6) is 0. The van der Waals surface area contributed by atoms with E-state index in [1.807, 2.05) is 0 Å². The van der Waals surface area contributed by atoms with Crippen molar-refractivity contribution in [1.29, 1.82) is 0 Å². The van der Waals surface area contributed by atoms with Crippen molar-refractivity contribution in [3.63, 3.8) is 0 Å². The molecule has 1 aliphatic heterocycles. The average Bonchev–Trinajstić information content (AvgIpc) is 2.15. The normalized spacial score (nSPS) is 14.4. The van der Waals surface area contributed by atoms with Gasteiger partial charge < -0.3 is 13.5 Å². The first kappa shape index (κ1) is 9.89. The summed E-state index contributed by atoms with van der Waals surface area (Å²) >= 11 is 8.15. The molecule has 1 N–H and O–H groups in total. The molecule has 0 radical (unpaired) electrons. The molecule has 0 unspecified atom stereocenters. The molecule has 58 valence electrons. The molecule has 0 amide bonds. The van der Waals surface area contributed by atoms with Gasteiger partial charge in [0.05, 0.1) is 0 Å². The molecule has 10 heavy (non-hydrogen) atoms. The minimum atomic E-state index is -2.03. The van der Waals surface area contributed by atoms with E-state index in [0.29, 0.717) is 11.8 Å².